The number of amides is 1. The first-order valence-electron chi connectivity index (χ1n) is 15.5. The van der Waals surface area contributed by atoms with Gasteiger partial charge in [-0.3, -0.25) is 9.69 Å². The first-order valence-corrected chi connectivity index (χ1v) is 16.9. The number of methoxy groups -OCH3 is 1. The Balaban J connectivity index is 1.16. The topological polar surface area (TPSA) is 91.4 Å². The van der Waals surface area contributed by atoms with Crippen LogP contribution in [0.4, 0.5) is 0 Å². The minimum Gasteiger partial charge on any atom is -0.496 e. The van der Waals surface area contributed by atoms with Gasteiger partial charge in [-0.2, -0.15) is 4.31 Å². The number of ether oxygens (including phenoxy) is 2. The van der Waals surface area contributed by atoms with E-state index >= 15 is 0 Å². The van der Waals surface area contributed by atoms with Gasteiger partial charge in [-0.15, -0.1) is 0 Å². The molecular formula is C33H50N4O5S. The monoisotopic (exact) mass is 614 g/mol. The van der Waals surface area contributed by atoms with Gasteiger partial charge < -0.3 is 19.7 Å². The van der Waals surface area contributed by atoms with Gasteiger partial charge in [0.05, 0.1) is 18.6 Å². The summed E-state index contributed by atoms with van der Waals surface area (Å²) in [6, 6.07) is 13.1. The zero-order valence-electron chi connectivity index (χ0n) is 26.8. The molecule has 1 aliphatic heterocycles. The highest BCUT2D eigenvalue weighted by Crippen LogP contribution is 2.37. The maximum Gasteiger partial charge on any atom is 0.246 e. The van der Waals surface area contributed by atoms with Crippen molar-refractivity contribution in [1.29, 1.82) is 0 Å². The van der Waals surface area contributed by atoms with Crippen LogP contribution in [0.15, 0.2) is 41.3 Å². The zero-order valence-corrected chi connectivity index (χ0v) is 27.6. The second-order valence-electron chi connectivity index (χ2n) is 12.3. The van der Waals surface area contributed by atoms with Crippen LogP contribution in [0.5, 0.6) is 5.75 Å². The van der Waals surface area contributed by atoms with E-state index in [0.29, 0.717) is 67.5 Å². The molecule has 1 aliphatic carbocycles. The number of piperazine rings is 1. The number of carbonyl (C=O) groups is 1. The molecule has 1 N–H and O–H groups in total. The van der Waals surface area contributed by atoms with Gasteiger partial charge in [0.25, 0.3) is 0 Å². The average Bonchev–Trinajstić information content (AvgIpc) is 2.99. The van der Waals surface area contributed by atoms with Crippen LogP contribution in [-0.4, -0.2) is 102 Å². The van der Waals surface area contributed by atoms with E-state index < -0.39 is 10.0 Å². The smallest absolute Gasteiger partial charge is 0.246 e. The number of hydrogen-bond donors (Lipinski definition) is 1. The molecule has 2 aromatic rings. The molecule has 1 amide bonds. The molecule has 1 saturated heterocycles. The van der Waals surface area contributed by atoms with Crippen molar-refractivity contribution in [3.63, 3.8) is 0 Å². The molecule has 0 aromatic heterocycles. The number of aryl methyl sites for hydroxylation is 1. The van der Waals surface area contributed by atoms with Crippen molar-refractivity contribution in [2.24, 2.45) is 5.92 Å². The summed E-state index contributed by atoms with van der Waals surface area (Å²) >= 11 is 0. The van der Waals surface area contributed by atoms with E-state index in [4.69, 9.17) is 9.47 Å². The summed E-state index contributed by atoms with van der Waals surface area (Å²) in [5, 5.41) is 3.17. The number of nitrogens with zero attached hydrogens (tertiary/aromatic N) is 3. The summed E-state index contributed by atoms with van der Waals surface area (Å²) in [7, 11) is 2.29. The van der Waals surface area contributed by atoms with E-state index in [-0.39, 0.29) is 18.6 Å². The van der Waals surface area contributed by atoms with Gasteiger partial charge in [0.15, 0.2) is 0 Å². The van der Waals surface area contributed by atoms with Gasteiger partial charge in [0.1, 0.15) is 12.4 Å². The van der Waals surface area contributed by atoms with E-state index in [0.717, 1.165) is 36.8 Å². The standard InChI is InChI=1S/C33H50N4O5S/c1-24-22-30(41-6)25(2)26(3)33(24)43(39,40)37-18-16-36(17-19-37)20-21-42-23-31(38)34-29-14-12-28(13-15-29)32(35(4)5)27-10-8-7-9-11-27/h7-11,22,28-29,32H,12-21,23H2,1-6H3,(H,34,38). The lowest BCUT2D eigenvalue weighted by molar-refractivity contribution is -0.126. The summed E-state index contributed by atoms with van der Waals surface area (Å²) < 4.78 is 39.8. The third-order valence-electron chi connectivity index (χ3n) is 9.19. The van der Waals surface area contributed by atoms with Crippen LogP contribution in [0.25, 0.3) is 0 Å². The summed E-state index contributed by atoms with van der Waals surface area (Å²) in [6.07, 6.45) is 4.14. The lowest BCUT2D eigenvalue weighted by atomic mass is 9.78. The first-order chi connectivity index (χ1) is 20.5. The van der Waals surface area contributed by atoms with Crippen molar-refractivity contribution in [2.75, 3.05) is 67.1 Å². The Labute approximate surface area is 258 Å². The van der Waals surface area contributed by atoms with E-state index in [9.17, 15) is 13.2 Å². The van der Waals surface area contributed by atoms with Crippen LogP contribution in [0, 0.1) is 26.7 Å². The van der Waals surface area contributed by atoms with Crippen LogP contribution in [0.2, 0.25) is 0 Å². The van der Waals surface area contributed by atoms with E-state index in [1.54, 1.807) is 17.5 Å². The molecule has 1 saturated carbocycles. The predicted molar refractivity (Wildman–Crippen MR) is 170 cm³/mol. The van der Waals surface area contributed by atoms with Crippen molar-refractivity contribution >= 4 is 15.9 Å². The Morgan fingerprint density at radius 1 is 1.00 bits per heavy atom. The molecule has 2 aromatic carbocycles. The van der Waals surface area contributed by atoms with Crippen molar-refractivity contribution in [2.45, 2.75) is 63.4 Å². The molecule has 1 atom stereocenters. The van der Waals surface area contributed by atoms with Gasteiger partial charge in [0, 0.05) is 44.8 Å². The Hall–Kier alpha value is -2.50. The molecule has 10 heteroatoms. The molecular weight excluding hydrogens is 564 g/mol. The van der Waals surface area contributed by atoms with Crippen molar-refractivity contribution in [1.82, 2.24) is 19.4 Å². The predicted octanol–water partition coefficient (Wildman–Crippen LogP) is 3.92. The summed E-state index contributed by atoms with van der Waals surface area (Å²) in [5.74, 6) is 1.22. The van der Waals surface area contributed by atoms with Crippen molar-refractivity contribution in [3.8, 4) is 5.75 Å². The molecule has 4 rings (SSSR count). The van der Waals surface area contributed by atoms with E-state index in [2.05, 4.69) is 59.5 Å². The van der Waals surface area contributed by atoms with Crippen LogP contribution < -0.4 is 10.1 Å². The fourth-order valence-electron chi connectivity index (χ4n) is 6.80. The van der Waals surface area contributed by atoms with Crippen LogP contribution in [0.3, 0.4) is 0 Å². The third-order valence-corrected chi connectivity index (χ3v) is 11.4. The Kier molecular flexibility index (Phi) is 11.6. The number of nitrogens with one attached hydrogen (secondary N) is 1. The SMILES string of the molecule is COc1cc(C)c(S(=O)(=O)N2CCN(CCOCC(=O)NC3CCC(C(c4ccccc4)N(C)C)CC3)CC2)c(C)c1C. The fourth-order valence-corrected chi connectivity index (χ4v) is 8.71. The molecule has 9 nitrogen and oxygen atoms in total. The van der Waals surface area contributed by atoms with Gasteiger partial charge in [-0.25, -0.2) is 8.42 Å². The third kappa shape index (κ3) is 8.16. The maximum absolute atomic E-state index is 13.5. The molecule has 238 valence electrons. The lowest BCUT2D eigenvalue weighted by Crippen LogP contribution is -2.49. The molecule has 0 radical (unpaired) electrons. The van der Waals surface area contributed by atoms with Crippen molar-refractivity contribution < 1.29 is 22.7 Å². The molecule has 1 unspecified atom stereocenters. The highest BCUT2D eigenvalue weighted by Gasteiger charge is 2.32. The second-order valence-corrected chi connectivity index (χ2v) is 14.1. The zero-order chi connectivity index (χ0) is 31.1. The van der Waals surface area contributed by atoms with E-state index in [1.807, 2.05) is 20.8 Å². The van der Waals surface area contributed by atoms with Gasteiger partial charge in [-0.1, -0.05) is 30.3 Å². The Morgan fingerprint density at radius 2 is 1.65 bits per heavy atom. The first kappa shape index (κ1) is 33.4. The largest absolute Gasteiger partial charge is 0.496 e. The summed E-state index contributed by atoms with van der Waals surface area (Å²) in [5.41, 5.74) is 3.64. The second kappa shape index (κ2) is 15.0. The van der Waals surface area contributed by atoms with Gasteiger partial charge in [0.2, 0.25) is 15.9 Å². The maximum atomic E-state index is 13.5. The quantitative estimate of drug-likeness (QED) is 0.363. The van der Waals surface area contributed by atoms with Crippen LogP contribution in [0.1, 0.15) is 54.0 Å². The van der Waals surface area contributed by atoms with Crippen LogP contribution >= 0.6 is 0 Å². The average molecular weight is 615 g/mol. The molecule has 0 spiro atoms. The van der Waals surface area contributed by atoms with E-state index in [1.165, 1.54) is 5.56 Å². The Morgan fingerprint density at radius 3 is 2.26 bits per heavy atom. The molecule has 1 heterocycles. The van der Waals surface area contributed by atoms with Gasteiger partial charge >= 0.3 is 0 Å². The lowest BCUT2D eigenvalue weighted by Gasteiger charge is -2.37. The fraction of sp³-hybridized carbons (Fsp3) is 0.606. The molecule has 0 bridgehead atoms. The number of benzene rings is 2. The minimum absolute atomic E-state index is 0.0496. The minimum atomic E-state index is -3.61. The van der Waals surface area contributed by atoms with Gasteiger partial charge in [-0.05, 0) is 94.8 Å². The number of hydrogen-bond acceptors (Lipinski definition) is 7. The highest BCUT2D eigenvalue weighted by atomic mass is 32.2. The normalized spacial score (nSPS) is 21.1. The molecule has 2 fully saturated rings. The number of sulfonamides is 1. The number of carbonyl (C=O) groups excluding carboxylic acids is 1. The Bertz CT molecular complexity index is 1320. The highest BCUT2D eigenvalue weighted by molar-refractivity contribution is 7.89. The number of rotatable bonds is 12. The van der Waals surface area contributed by atoms with Crippen molar-refractivity contribution in [3.05, 3.63) is 58.7 Å². The molecule has 2 aliphatic rings. The summed E-state index contributed by atoms with van der Waals surface area (Å²) in [6.45, 7) is 8.81. The summed E-state index contributed by atoms with van der Waals surface area (Å²) in [4.78, 5) is 17.5. The van der Waals surface area contributed by atoms with Crippen LogP contribution in [-0.2, 0) is 19.6 Å². The molecule has 43 heavy (non-hydrogen) atoms.